The molecule has 2 aromatic heterocycles. The molecule has 18 heavy (non-hydrogen) atoms. The molecule has 0 atom stereocenters. The summed E-state index contributed by atoms with van der Waals surface area (Å²) in [6.07, 6.45) is 4.03. The fraction of sp³-hybridized carbons (Fsp3) is 0.0667. The first-order chi connectivity index (χ1) is 8.76. The van der Waals surface area contributed by atoms with Crippen molar-refractivity contribution in [2.75, 3.05) is 0 Å². The zero-order chi connectivity index (χ0) is 12.5. The minimum absolute atomic E-state index is 0.653. The van der Waals surface area contributed by atoms with Crippen LogP contribution in [0.1, 0.15) is 11.1 Å². The van der Waals surface area contributed by atoms with Gasteiger partial charge in [0, 0.05) is 18.0 Å². The number of rotatable bonds is 1. The van der Waals surface area contributed by atoms with Crippen molar-refractivity contribution < 1.29 is 0 Å². The maximum absolute atomic E-state index is 8.91. The number of aryl methyl sites for hydroxylation is 1. The highest BCUT2D eigenvalue weighted by atomic mass is 15.0. The van der Waals surface area contributed by atoms with Gasteiger partial charge < -0.3 is 4.40 Å². The van der Waals surface area contributed by atoms with E-state index in [1.54, 1.807) is 6.07 Å². The first-order valence-electron chi connectivity index (χ1n) is 5.72. The maximum atomic E-state index is 8.91. The number of imidazole rings is 1. The van der Waals surface area contributed by atoms with Gasteiger partial charge >= 0.3 is 0 Å². The van der Waals surface area contributed by atoms with E-state index in [1.807, 2.05) is 47.1 Å². The van der Waals surface area contributed by atoms with E-state index in [0.29, 0.717) is 5.56 Å². The van der Waals surface area contributed by atoms with E-state index in [2.05, 4.69) is 18.0 Å². The van der Waals surface area contributed by atoms with Crippen LogP contribution in [0.25, 0.3) is 16.9 Å². The topological polar surface area (TPSA) is 41.1 Å². The average molecular weight is 233 g/mol. The molecular formula is C15H11N3. The van der Waals surface area contributed by atoms with Gasteiger partial charge in [-0.15, -0.1) is 0 Å². The van der Waals surface area contributed by atoms with Crippen LogP contribution < -0.4 is 0 Å². The molecule has 0 aliphatic carbocycles. The van der Waals surface area contributed by atoms with Gasteiger partial charge in [-0.3, -0.25) is 0 Å². The van der Waals surface area contributed by atoms with E-state index >= 15 is 0 Å². The number of nitriles is 1. The molecule has 3 aromatic rings. The van der Waals surface area contributed by atoms with Crippen LogP contribution in [-0.4, -0.2) is 9.38 Å². The van der Waals surface area contributed by atoms with Crippen LogP contribution in [0.5, 0.6) is 0 Å². The molecule has 3 heteroatoms. The van der Waals surface area contributed by atoms with Crippen molar-refractivity contribution in [1.29, 1.82) is 5.26 Å². The summed E-state index contributed by atoms with van der Waals surface area (Å²) in [5, 5.41) is 8.91. The highest BCUT2D eigenvalue weighted by Crippen LogP contribution is 2.20. The molecule has 3 nitrogen and oxygen atoms in total. The standard InChI is InChI=1S/C15H11N3/c1-11-5-6-15-17-14(10-18(15)9-11)13-4-2-3-12(7-13)8-16/h2-7,9-10H,1H3. The molecule has 1 aromatic carbocycles. The van der Waals surface area contributed by atoms with Crippen molar-refractivity contribution in [2.45, 2.75) is 6.92 Å². The molecule has 0 N–H and O–H groups in total. The molecule has 0 amide bonds. The van der Waals surface area contributed by atoms with Gasteiger partial charge in [0.1, 0.15) is 5.65 Å². The van der Waals surface area contributed by atoms with Gasteiger partial charge in [0.05, 0.1) is 17.3 Å². The van der Waals surface area contributed by atoms with Gasteiger partial charge in [-0.1, -0.05) is 18.2 Å². The summed E-state index contributed by atoms with van der Waals surface area (Å²) < 4.78 is 2.00. The summed E-state index contributed by atoms with van der Waals surface area (Å²) >= 11 is 0. The summed E-state index contributed by atoms with van der Waals surface area (Å²) in [6.45, 7) is 2.05. The van der Waals surface area contributed by atoms with Crippen molar-refractivity contribution in [3.8, 4) is 17.3 Å². The fourth-order valence-electron chi connectivity index (χ4n) is 1.99. The molecule has 0 unspecified atom stereocenters. The SMILES string of the molecule is Cc1ccc2nc(-c3cccc(C#N)c3)cn2c1. The quantitative estimate of drug-likeness (QED) is 0.647. The van der Waals surface area contributed by atoms with Gasteiger partial charge in [0.25, 0.3) is 0 Å². The zero-order valence-corrected chi connectivity index (χ0v) is 9.96. The van der Waals surface area contributed by atoms with Crippen LogP contribution >= 0.6 is 0 Å². The number of hydrogen-bond acceptors (Lipinski definition) is 2. The van der Waals surface area contributed by atoms with Crippen LogP contribution in [0.4, 0.5) is 0 Å². The molecule has 3 rings (SSSR count). The molecule has 2 heterocycles. The lowest BCUT2D eigenvalue weighted by Gasteiger charge is -1.95. The smallest absolute Gasteiger partial charge is 0.137 e. The number of benzene rings is 1. The number of fused-ring (bicyclic) bond motifs is 1. The molecule has 0 bridgehead atoms. The summed E-state index contributed by atoms with van der Waals surface area (Å²) in [4.78, 5) is 4.55. The summed E-state index contributed by atoms with van der Waals surface area (Å²) in [6, 6.07) is 13.7. The Labute approximate surface area is 105 Å². The van der Waals surface area contributed by atoms with Crippen LogP contribution in [0.3, 0.4) is 0 Å². The molecule has 86 valence electrons. The molecule has 0 radical (unpaired) electrons. The molecular weight excluding hydrogens is 222 g/mol. The second-order valence-electron chi connectivity index (χ2n) is 4.29. The lowest BCUT2D eigenvalue weighted by atomic mass is 10.1. The fourth-order valence-corrected chi connectivity index (χ4v) is 1.99. The van der Waals surface area contributed by atoms with Crippen LogP contribution in [0.2, 0.25) is 0 Å². The number of pyridine rings is 1. The highest BCUT2D eigenvalue weighted by Gasteiger charge is 2.04. The number of nitrogens with zero attached hydrogens (tertiary/aromatic N) is 3. The molecule has 0 fully saturated rings. The zero-order valence-electron chi connectivity index (χ0n) is 9.96. The first-order valence-corrected chi connectivity index (χ1v) is 5.72. The van der Waals surface area contributed by atoms with Crippen molar-refractivity contribution in [3.05, 3.63) is 59.9 Å². The summed E-state index contributed by atoms with van der Waals surface area (Å²) in [5.41, 5.74) is 4.61. The Morgan fingerprint density at radius 2 is 2.06 bits per heavy atom. The monoisotopic (exact) mass is 233 g/mol. The maximum Gasteiger partial charge on any atom is 0.137 e. The van der Waals surface area contributed by atoms with Gasteiger partial charge in [0.2, 0.25) is 0 Å². The Kier molecular flexibility index (Phi) is 2.35. The molecule has 0 saturated heterocycles. The third-order valence-corrected chi connectivity index (χ3v) is 2.89. The average Bonchev–Trinajstić information content (AvgIpc) is 2.81. The Morgan fingerprint density at radius 3 is 2.89 bits per heavy atom. The highest BCUT2D eigenvalue weighted by molar-refractivity contribution is 5.64. The predicted molar refractivity (Wildman–Crippen MR) is 70.1 cm³/mol. The number of aromatic nitrogens is 2. The molecule has 0 aliphatic heterocycles. The van der Waals surface area contributed by atoms with Crippen LogP contribution in [-0.2, 0) is 0 Å². The predicted octanol–water partition coefficient (Wildman–Crippen LogP) is 3.18. The minimum Gasteiger partial charge on any atom is -0.306 e. The van der Waals surface area contributed by atoms with Crippen LogP contribution in [0.15, 0.2) is 48.8 Å². The van der Waals surface area contributed by atoms with E-state index in [9.17, 15) is 0 Å². The third-order valence-electron chi connectivity index (χ3n) is 2.89. The normalized spacial score (nSPS) is 10.4. The Bertz CT molecular complexity index is 763. The Balaban J connectivity index is 2.16. The summed E-state index contributed by atoms with van der Waals surface area (Å²) in [7, 11) is 0. The molecule has 0 saturated carbocycles. The van der Waals surface area contributed by atoms with Gasteiger partial charge in [-0.2, -0.15) is 5.26 Å². The molecule has 0 spiro atoms. The number of hydrogen-bond donors (Lipinski definition) is 0. The van der Waals surface area contributed by atoms with E-state index in [-0.39, 0.29) is 0 Å². The summed E-state index contributed by atoms with van der Waals surface area (Å²) in [5.74, 6) is 0. The van der Waals surface area contributed by atoms with Gasteiger partial charge in [0.15, 0.2) is 0 Å². The van der Waals surface area contributed by atoms with Gasteiger partial charge in [-0.25, -0.2) is 4.98 Å². The lowest BCUT2D eigenvalue weighted by molar-refractivity contribution is 1.16. The van der Waals surface area contributed by atoms with Crippen molar-refractivity contribution in [1.82, 2.24) is 9.38 Å². The minimum atomic E-state index is 0.653. The van der Waals surface area contributed by atoms with E-state index < -0.39 is 0 Å². The van der Waals surface area contributed by atoms with Crippen molar-refractivity contribution in [3.63, 3.8) is 0 Å². The van der Waals surface area contributed by atoms with Crippen molar-refractivity contribution >= 4 is 5.65 Å². The second-order valence-corrected chi connectivity index (χ2v) is 4.29. The first kappa shape index (κ1) is 10.5. The van der Waals surface area contributed by atoms with E-state index in [4.69, 9.17) is 5.26 Å². The Hall–Kier alpha value is -2.60. The third kappa shape index (κ3) is 1.74. The lowest BCUT2D eigenvalue weighted by Crippen LogP contribution is -1.82. The van der Waals surface area contributed by atoms with Gasteiger partial charge in [-0.05, 0) is 30.7 Å². The van der Waals surface area contributed by atoms with Crippen LogP contribution in [0, 0.1) is 18.3 Å². The second kappa shape index (κ2) is 4.01. The molecule has 0 aliphatic rings. The Morgan fingerprint density at radius 1 is 1.17 bits per heavy atom. The van der Waals surface area contributed by atoms with E-state index in [1.165, 1.54) is 5.56 Å². The van der Waals surface area contributed by atoms with E-state index in [0.717, 1.165) is 16.9 Å². The van der Waals surface area contributed by atoms with Crippen molar-refractivity contribution in [2.24, 2.45) is 0 Å². The largest absolute Gasteiger partial charge is 0.306 e.